The van der Waals surface area contributed by atoms with Gasteiger partial charge in [-0.1, -0.05) is 18.2 Å². The van der Waals surface area contributed by atoms with Gasteiger partial charge in [0, 0.05) is 5.69 Å². The molecule has 1 aliphatic heterocycles. The lowest BCUT2D eigenvalue weighted by Crippen LogP contribution is -2.15. The highest BCUT2D eigenvalue weighted by atomic mass is 16.1. The average molecular weight is 266 g/mol. The van der Waals surface area contributed by atoms with Crippen molar-refractivity contribution in [1.82, 2.24) is 9.78 Å². The molecule has 5 heteroatoms. The minimum Gasteiger partial charge on any atom is -0.295 e. The lowest BCUT2D eigenvalue weighted by molar-refractivity contribution is 0.835. The number of para-hydroxylation sites is 1. The third kappa shape index (κ3) is 2.14. The molecule has 0 unspecified atom stereocenters. The van der Waals surface area contributed by atoms with Gasteiger partial charge >= 0.3 is 0 Å². The van der Waals surface area contributed by atoms with E-state index >= 15 is 0 Å². The first-order valence-electron chi connectivity index (χ1n) is 6.34. The number of nitrogens with zero attached hydrogens (tertiary/aromatic N) is 3. The summed E-state index contributed by atoms with van der Waals surface area (Å²) in [5.41, 5.74) is 3.67. The number of hydrogen-bond donors (Lipinski definition) is 1. The molecule has 20 heavy (non-hydrogen) atoms. The van der Waals surface area contributed by atoms with Gasteiger partial charge in [-0.3, -0.25) is 9.89 Å². The predicted octanol–water partition coefficient (Wildman–Crippen LogP) is 3.18. The van der Waals surface area contributed by atoms with Crippen LogP contribution in [0.3, 0.4) is 0 Å². The number of aromatic amines is 1. The minimum absolute atomic E-state index is 0.0886. The van der Waals surface area contributed by atoms with Gasteiger partial charge in [0.1, 0.15) is 0 Å². The summed E-state index contributed by atoms with van der Waals surface area (Å²) in [6.45, 7) is 3.74. The molecule has 2 aromatic rings. The average Bonchev–Trinajstić information content (AvgIpc) is 2.98. The Morgan fingerprint density at radius 3 is 2.55 bits per heavy atom. The second-order valence-electron chi connectivity index (χ2n) is 4.68. The number of azo groups is 1. The van der Waals surface area contributed by atoms with Crippen molar-refractivity contribution in [1.29, 1.82) is 0 Å². The maximum Gasteiger partial charge on any atom is 0.278 e. The number of hydrogen-bond acceptors (Lipinski definition) is 3. The van der Waals surface area contributed by atoms with E-state index in [0.717, 1.165) is 17.1 Å². The number of benzene rings is 1. The smallest absolute Gasteiger partial charge is 0.278 e. The molecule has 0 atom stereocenters. The van der Waals surface area contributed by atoms with Crippen molar-refractivity contribution in [2.75, 3.05) is 0 Å². The Bertz CT molecular complexity index is 791. The van der Waals surface area contributed by atoms with Crippen LogP contribution in [0.15, 0.2) is 62.8 Å². The fourth-order valence-corrected chi connectivity index (χ4v) is 2.12. The topological polar surface area (TPSA) is 62.5 Å². The van der Waals surface area contributed by atoms with E-state index in [1.54, 1.807) is 6.08 Å². The Morgan fingerprint density at radius 2 is 1.90 bits per heavy atom. The zero-order chi connectivity index (χ0) is 14.1. The Hall–Kier alpha value is -2.69. The molecule has 3 rings (SSSR count). The van der Waals surface area contributed by atoms with Crippen LogP contribution < -0.4 is 5.56 Å². The number of allylic oxidation sites excluding steroid dienone is 2. The zero-order valence-electron chi connectivity index (χ0n) is 11.3. The summed E-state index contributed by atoms with van der Waals surface area (Å²) < 4.78 is 1.53. The summed E-state index contributed by atoms with van der Waals surface area (Å²) >= 11 is 0. The second kappa shape index (κ2) is 4.77. The Balaban J connectivity index is 2.09. The van der Waals surface area contributed by atoms with Gasteiger partial charge in [-0.25, -0.2) is 4.68 Å². The third-order valence-corrected chi connectivity index (χ3v) is 3.10. The Kier molecular flexibility index (Phi) is 2.95. The molecule has 1 aromatic heterocycles. The second-order valence-corrected chi connectivity index (χ2v) is 4.68. The van der Waals surface area contributed by atoms with Crippen LogP contribution in [0.25, 0.3) is 11.8 Å². The monoisotopic (exact) mass is 266 g/mol. The predicted molar refractivity (Wildman–Crippen MR) is 77.7 cm³/mol. The van der Waals surface area contributed by atoms with Gasteiger partial charge in [0.15, 0.2) is 0 Å². The highest BCUT2D eigenvalue weighted by Gasteiger charge is 2.12. The van der Waals surface area contributed by atoms with Crippen molar-refractivity contribution in [2.45, 2.75) is 13.8 Å². The summed E-state index contributed by atoms with van der Waals surface area (Å²) in [7, 11) is 0. The van der Waals surface area contributed by atoms with Crippen molar-refractivity contribution < 1.29 is 0 Å². The van der Waals surface area contributed by atoms with E-state index < -0.39 is 0 Å². The number of nitrogens with one attached hydrogen (secondary N) is 1. The normalized spacial score (nSPS) is 15.9. The first kappa shape index (κ1) is 12.3. The van der Waals surface area contributed by atoms with Gasteiger partial charge in [-0.2, -0.15) is 10.2 Å². The SMILES string of the molecule is CC1=C/C(=C/c2c(C)[nH]n(-c3ccccc3)c2=O)N=N1. The van der Waals surface area contributed by atoms with Gasteiger partial charge in [0.2, 0.25) is 0 Å². The summed E-state index contributed by atoms with van der Waals surface area (Å²) in [5, 5.41) is 11.0. The highest BCUT2D eigenvalue weighted by Crippen LogP contribution is 2.18. The zero-order valence-corrected chi connectivity index (χ0v) is 11.3. The number of aromatic nitrogens is 2. The van der Waals surface area contributed by atoms with Gasteiger partial charge in [-0.15, -0.1) is 0 Å². The standard InChI is InChI=1S/C15H14N4O/c1-10-8-12(17-16-10)9-14-11(2)18-19(15(14)20)13-6-4-3-5-7-13/h3-9,18H,1-2H3/b12-9-. The molecule has 1 N–H and O–H groups in total. The van der Waals surface area contributed by atoms with Crippen LogP contribution in [0, 0.1) is 6.92 Å². The fraction of sp³-hybridized carbons (Fsp3) is 0.133. The van der Waals surface area contributed by atoms with Gasteiger partial charge in [0.25, 0.3) is 5.56 Å². The molecule has 0 saturated carbocycles. The first-order valence-corrected chi connectivity index (χ1v) is 6.34. The van der Waals surface area contributed by atoms with E-state index in [0.29, 0.717) is 11.3 Å². The third-order valence-electron chi connectivity index (χ3n) is 3.10. The van der Waals surface area contributed by atoms with Gasteiger partial charge < -0.3 is 0 Å². The molecule has 2 heterocycles. The molecular formula is C15H14N4O. The van der Waals surface area contributed by atoms with E-state index in [1.807, 2.05) is 50.3 Å². The minimum atomic E-state index is -0.0886. The van der Waals surface area contributed by atoms with Crippen LogP contribution in [-0.2, 0) is 0 Å². The van der Waals surface area contributed by atoms with Crippen molar-refractivity contribution in [3.05, 3.63) is 69.4 Å². The summed E-state index contributed by atoms with van der Waals surface area (Å²) in [4.78, 5) is 12.5. The number of aryl methyl sites for hydroxylation is 1. The summed E-state index contributed by atoms with van der Waals surface area (Å²) in [6, 6.07) is 9.47. The van der Waals surface area contributed by atoms with Gasteiger partial charge in [-0.05, 0) is 38.1 Å². The van der Waals surface area contributed by atoms with E-state index in [9.17, 15) is 4.79 Å². The molecule has 1 aromatic carbocycles. The van der Waals surface area contributed by atoms with Crippen molar-refractivity contribution in [3.8, 4) is 5.69 Å². The molecule has 0 fully saturated rings. The van der Waals surface area contributed by atoms with Crippen molar-refractivity contribution in [3.63, 3.8) is 0 Å². The van der Waals surface area contributed by atoms with Crippen LogP contribution in [0.5, 0.6) is 0 Å². The molecule has 0 bridgehead atoms. The maximum atomic E-state index is 12.5. The van der Waals surface area contributed by atoms with Crippen LogP contribution >= 0.6 is 0 Å². The first-order chi connectivity index (χ1) is 9.65. The van der Waals surface area contributed by atoms with Crippen LogP contribution in [0.2, 0.25) is 0 Å². The summed E-state index contributed by atoms with van der Waals surface area (Å²) in [5.74, 6) is 0. The summed E-state index contributed by atoms with van der Waals surface area (Å²) in [6.07, 6.45) is 3.60. The molecule has 0 saturated heterocycles. The largest absolute Gasteiger partial charge is 0.295 e. The van der Waals surface area contributed by atoms with Crippen LogP contribution in [-0.4, -0.2) is 9.78 Å². The molecule has 0 aliphatic carbocycles. The van der Waals surface area contributed by atoms with Crippen LogP contribution in [0.4, 0.5) is 0 Å². The number of H-pyrrole nitrogens is 1. The molecule has 0 amide bonds. The molecule has 5 nitrogen and oxygen atoms in total. The van der Waals surface area contributed by atoms with E-state index in [-0.39, 0.29) is 5.56 Å². The Labute approximate surface area is 116 Å². The van der Waals surface area contributed by atoms with Crippen LogP contribution in [0.1, 0.15) is 18.2 Å². The number of rotatable bonds is 2. The van der Waals surface area contributed by atoms with Crippen molar-refractivity contribution in [2.24, 2.45) is 10.2 Å². The Morgan fingerprint density at radius 1 is 1.15 bits per heavy atom. The lowest BCUT2D eigenvalue weighted by atomic mass is 10.2. The van der Waals surface area contributed by atoms with Gasteiger partial charge in [0.05, 0.1) is 22.6 Å². The van der Waals surface area contributed by atoms with E-state index in [4.69, 9.17) is 0 Å². The van der Waals surface area contributed by atoms with E-state index in [1.165, 1.54) is 4.68 Å². The molecule has 0 spiro atoms. The molecule has 1 aliphatic rings. The molecular weight excluding hydrogens is 252 g/mol. The van der Waals surface area contributed by atoms with E-state index in [2.05, 4.69) is 15.3 Å². The van der Waals surface area contributed by atoms with Crippen molar-refractivity contribution >= 4 is 6.08 Å². The maximum absolute atomic E-state index is 12.5. The highest BCUT2D eigenvalue weighted by molar-refractivity contribution is 5.58. The quantitative estimate of drug-likeness (QED) is 0.891. The molecule has 0 radical (unpaired) electrons. The molecule has 100 valence electrons. The lowest BCUT2D eigenvalue weighted by Gasteiger charge is -1.99. The fourth-order valence-electron chi connectivity index (χ4n) is 2.12.